The Morgan fingerprint density at radius 1 is 1.18 bits per heavy atom. The van der Waals surface area contributed by atoms with Crippen LogP contribution in [0.2, 0.25) is 0 Å². The number of likely N-dealkylation sites (tertiary alicyclic amines) is 1. The number of piperidine rings is 2. The molecular formula is C15H29N3O3S. The normalized spacial score (nSPS) is 28.8. The number of nitrogens with two attached hydrogens (primary N) is 1. The van der Waals surface area contributed by atoms with Crippen molar-refractivity contribution in [3.05, 3.63) is 0 Å². The van der Waals surface area contributed by atoms with E-state index in [1.165, 1.54) is 4.31 Å². The summed E-state index contributed by atoms with van der Waals surface area (Å²) in [4.78, 5) is 14.7. The quantitative estimate of drug-likeness (QED) is 0.819. The largest absolute Gasteiger partial charge is 0.338 e. The van der Waals surface area contributed by atoms with E-state index in [0.29, 0.717) is 38.4 Å². The van der Waals surface area contributed by atoms with Gasteiger partial charge in [0, 0.05) is 38.1 Å². The smallest absolute Gasteiger partial charge is 0.226 e. The molecule has 2 rings (SSSR count). The molecule has 0 aromatic carbocycles. The number of carbonyl (C=O) groups excluding carboxylic acids is 1. The van der Waals surface area contributed by atoms with Gasteiger partial charge in [0.2, 0.25) is 15.9 Å². The summed E-state index contributed by atoms with van der Waals surface area (Å²) in [6.45, 7) is 6.09. The van der Waals surface area contributed by atoms with Crippen LogP contribution in [0.25, 0.3) is 0 Å². The summed E-state index contributed by atoms with van der Waals surface area (Å²) in [6.07, 6.45) is 3.26. The summed E-state index contributed by atoms with van der Waals surface area (Å²) in [5, 5.41) is 0. The SMILES string of the molecule is CCS(=O)(=O)N1CCC(C(=O)N2CCC(C)CC2CN)CC1. The van der Waals surface area contributed by atoms with Gasteiger partial charge in [-0.15, -0.1) is 0 Å². The number of rotatable bonds is 4. The van der Waals surface area contributed by atoms with Gasteiger partial charge in [-0.2, -0.15) is 0 Å². The van der Waals surface area contributed by atoms with Gasteiger partial charge < -0.3 is 10.6 Å². The standard InChI is InChI=1S/C15H29N3O3S/c1-3-22(20,21)17-7-5-13(6-8-17)15(19)18-9-4-12(2)10-14(18)11-16/h12-14H,3-11,16H2,1-2H3. The minimum atomic E-state index is -3.13. The van der Waals surface area contributed by atoms with E-state index < -0.39 is 10.0 Å². The molecule has 22 heavy (non-hydrogen) atoms. The van der Waals surface area contributed by atoms with Crippen molar-refractivity contribution >= 4 is 15.9 Å². The second-order valence-electron chi connectivity index (χ2n) is 6.62. The van der Waals surface area contributed by atoms with Crippen LogP contribution in [0.4, 0.5) is 0 Å². The zero-order valence-electron chi connectivity index (χ0n) is 13.7. The van der Waals surface area contributed by atoms with Crippen molar-refractivity contribution in [3.8, 4) is 0 Å². The summed E-state index contributed by atoms with van der Waals surface area (Å²) < 4.78 is 25.3. The van der Waals surface area contributed by atoms with Crippen molar-refractivity contribution in [2.75, 3.05) is 31.9 Å². The van der Waals surface area contributed by atoms with Gasteiger partial charge in [-0.3, -0.25) is 4.79 Å². The Bertz CT molecular complexity index is 486. The van der Waals surface area contributed by atoms with Crippen LogP contribution in [-0.4, -0.2) is 61.5 Å². The van der Waals surface area contributed by atoms with Crippen LogP contribution in [0.15, 0.2) is 0 Å². The average Bonchev–Trinajstić information content (AvgIpc) is 2.54. The number of carbonyl (C=O) groups is 1. The Morgan fingerprint density at radius 2 is 1.82 bits per heavy atom. The Hall–Kier alpha value is -0.660. The highest BCUT2D eigenvalue weighted by atomic mass is 32.2. The molecule has 2 N–H and O–H groups in total. The van der Waals surface area contributed by atoms with E-state index in [2.05, 4.69) is 6.92 Å². The maximum atomic E-state index is 12.8. The first-order valence-corrected chi connectivity index (χ1v) is 9.98. The van der Waals surface area contributed by atoms with Crippen LogP contribution in [0.3, 0.4) is 0 Å². The van der Waals surface area contributed by atoms with E-state index in [-0.39, 0.29) is 23.6 Å². The molecule has 128 valence electrons. The molecule has 1 amide bonds. The van der Waals surface area contributed by atoms with Crippen molar-refractivity contribution < 1.29 is 13.2 Å². The topological polar surface area (TPSA) is 83.7 Å². The second kappa shape index (κ2) is 7.27. The molecule has 0 spiro atoms. The molecule has 0 saturated carbocycles. The van der Waals surface area contributed by atoms with Gasteiger partial charge in [-0.1, -0.05) is 6.92 Å². The molecule has 2 saturated heterocycles. The molecule has 0 aromatic rings. The zero-order valence-corrected chi connectivity index (χ0v) is 14.5. The first-order chi connectivity index (χ1) is 10.4. The molecular weight excluding hydrogens is 302 g/mol. The molecule has 0 radical (unpaired) electrons. The van der Waals surface area contributed by atoms with Crippen LogP contribution in [0.1, 0.15) is 39.5 Å². The lowest BCUT2D eigenvalue weighted by Gasteiger charge is -2.41. The van der Waals surface area contributed by atoms with Gasteiger partial charge in [0.25, 0.3) is 0 Å². The van der Waals surface area contributed by atoms with Crippen molar-refractivity contribution in [3.63, 3.8) is 0 Å². The maximum Gasteiger partial charge on any atom is 0.226 e. The van der Waals surface area contributed by atoms with E-state index in [1.54, 1.807) is 6.92 Å². The summed E-state index contributed by atoms with van der Waals surface area (Å²) in [7, 11) is -3.13. The van der Waals surface area contributed by atoms with E-state index in [0.717, 1.165) is 19.4 Å². The van der Waals surface area contributed by atoms with Gasteiger partial charge in [-0.25, -0.2) is 12.7 Å². The van der Waals surface area contributed by atoms with E-state index in [9.17, 15) is 13.2 Å². The Morgan fingerprint density at radius 3 is 2.36 bits per heavy atom. The first kappa shape index (κ1) is 17.7. The lowest BCUT2D eigenvalue weighted by Crippen LogP contribution is -2.52. The van der Waals surface area contributed by atoms with E-state index in [1.807, 2.05) is 4.90 Å². The molecule has 6 nitrogen and oxygen atoms in total. The van der Waals surface area contributed by atoms with E-state index in [4.69, 9.17) is 5.73 Å². The molecule has 2 aliphatic rings. The maximum absolute atomic E-state index is 12.8. The van der Waals surface area contributed by atoms with Crippen molar-refractivity contribution in [2.45, 2.75) is 45.6 Å². The molecule has 2 aliphatic heterocycles. The minimum Gasteiger partial charge on any atom is -0.338 e. The van der Waals surface area contributed by atoms with E-state index >= 15 is 0 Å². The van der Waals surface area contributed by atoms with Gasteiger partial charge >= 0.3 is 0 Å². The summed E-state index contributed by atoms with van der Waals surface area (Å²) in [5.74, 6) is 0.876. The fourth-order valence-corrected chi connectivity index (χ4v) is 4.70. The van der Waals surface area contributed by atoms with Crippen molar-refractivity contribution in [1.29, 1.82) is 0 Å². The summed E-state index contributed by atoms with van der Waals surface area (Å²) in [6, 6.07) is 0.147. The second-order valence-corrected chi connectivity index (χ2v) is 8.88. The van der Waals surface area contributed by atoms with Crippen molar-refractivity contribution in [2.24, 2.45) is 17.6 Å². The predicted molar refractivity (Wildman–Crippen MR) is 86.7 cm³/mol. The van der Waals surface area contributed by atoms with Crippen LogP contribution in [0, 0.1) is 11.8 Å². The molecule has 2 atom stereocenters. The molecule has 0 bridgehead atoms. The average molecular weight is 331 g/mol. The first-order valence-electron chi connectivity index (χ1n) is 8.37. The molecule has 0 aliphatic carbocycles. The monoisotopic (exact) mass is 331 g/mol. The lowest BCUT2D eigenvalue weighted by molar-refractivity contribution is -0.141. The molecule has 7 heteroatoms. The number of hydrogen-bond donors (Lipinski definition) is 1. The van der Waals surface area contributed by atoms with Crippen LogP contribution >= 0.6 is 0 Å². The van der Waals surface area contributed by atoms with Crippen LogP contribution in [-0.2, 0) is 14.8 Å². The molecule has 2 heterocycles. The Kier molecular flexibility index (Phi) is 5.85. The third kappa shape index (κ3) is 3.81. The third-order valence-corrected chi connectivity index (χ3v) is 6.98. The highest BCUT2D eigenvalue weighted by molar-refractivity contribution is 7.89. The third-order valence-electron chi connectivity index (χ3n) is 5.09. The van der Waals surface area contributed by atoms with Crippen LogP contribution in [0.5, 0.6) is 0 Å². The predicted octanol–water partition coefficient (Wildman–Crippen LogP) is 0.634. The highest BCUT2D eigenvalue weighted by Gasteiger charge is 2.36. The number of sulfonamides is 1. The Balaban J connectivity index is 1.95. The summed E-state index contributed by atoms with van der Waals surface area (Å²) >= 11 is 0. The molecule has 0 aromatic heterocycles. The molecule has 2 fully saturated rings. The van der Waals surface area contributed by atoms with Crippen LogP contribution < -0.4 is 5.73 Å². The lowest BCUT2D eigenvalue weighted by atomic mass is 9.89. The summed E-state index contributed by atoms with van der Waals surface area (Å²) in [5.41, 5.74) is 5.84. The van der Waals surface area contributed by atoms with Crippen molar-refractivity contribution in [1.82, 2.24) is 9.21 Å². The van der Waals surface area contributed by atoms with Gasteiger partial charge in [0.05, 0.1) is 5.75 Å². The fourth-order valence-electron chi connectivity index (χ4n) is 3.56. The minimum absolute atomic E-state index is 0.0502. The number of hydrogen-bond acceptors (Lipinski definition) is 4. The number of amides is 1. The number of nitrogens with zero attached hydrogens (tertiary/aromatic N) is 2. The Labute approximate surface area is 134 Å². The van der Waals surface area contributed by atoms with Gasteiger partial charge in [0.1, 0.15) is 0 Å². The zero-order chi connectivity index (χ0) is 16.3. The van der Waals surface area contributed by atoms with Gasteiger partial charge in [-0.05, 0) is 38.5 Å². The molecule has 2 unspecified atom stereocenters. The fraction of sp³-hybridized carbons (Fsp3) is 0.933. The van der Waals surface area contributed by atoms with Gasteiger partial charge in [0.15, 0.2) is 0 Å². The highest BCUT2D eigenvalue weighted by Crippen LogP contribution is 2.27.